The van der Waals surface area contributed by atoms with Crippen molar-refractivity contribution in [3.8, 4) is 0 Å². The van der Waals surface area contributed by atoms with Gasteiger partial charge in [-0.15, -0.1) is 0 Å². The van der Waals surface area contributed by atoms with Gasteiger partial charge >= 0.3 is 0 Å². The van der Waals surface area contributed by atoms with Gasteiger partial charge in [-0.25, -0.2) is 26.7 Å². The molecule has 8 heteroatoms. The molecular weight excluding hydrogens is 276 g/mol. The topological polar surface area (TPSA) is 106 Å². The highest BCUT2D eigenvalue weighted by atomic mass is 32.2. The highest BCUT2D eigenvalue weighted by Gasteiger charge is 2.25. The van der Waals surface area contributed by atoms with E-state index in [4.69, 9.17) is 5.14 Å². The Hall–Kier alpha value is -0.960. The molecule has 0 bridgehead atoms. The molecule has 0 saturated heterocycles. The fourth-order valence-electron chi connectivity index (χ4n) is 1.63. The van der Waals surface area contributed by atoms with Gasteiger partial charge < -0.3 is 0 Å². The first-order valence-electron chi connectivity index (χ1n) is 5.44. The van der Waals surface area contributed by atoms with Crippen LogP contribution in [0.5, 0.6) is 0 Å². The van der Waals surface area contributed by atoms with Crippen molar-refractivity contribution < 1.29 is 16.8 Å². The van der Waals surface area contributed by atoms with Crippen LogP contribution in [0.15, 0.2) is 34.1 Å². The van der Waals surface area contributed by atoms with Gasteiger partial charge in [-0.3, -0.25) is 0 Å². The Morgan fingerprint density at radius 2 is 1.72 bits per heavy atom. The minimum atomic E-state index is -3.90. The third-order valence-corrected chi connectivity index (χ3v) is 5.30. The Balaban J connectivity index is 2.32. The van der Waals surface area contributed by atoms with Gasteiger partial charge in [0, 0.05) is 6.04 Å². The zero-order valence-electron chi connectivity index (χ0n) is 9.53. The first-order valence-corrected chi connectivity index (χ1v) is 8.47. The van der Waals surface area contributed by atoms with E-state index in [2.05, 4.69) is 4.72 Å². The Labute approximate surface area is 106 Å². The molecule has 1 aromatic rings. The largest absolute Gasteiger partial charge is 0.240 e. The molecule has 3 N–H and O–H groups in total. The summed E-state index contributed by atoms with van der Waals surface area (Å²) in [5.74, 6) is 0. The Kier molecular flexibility index (Phi) is 3.45. The van der Waals surface area contributed by atoms with Crippen LogP contribution in [0, 0.1) is 0 Å². The lowest BCUT2D eigenvalue weighted by molar-refractivity contribution is 0.383. The normalized spacial score (nSPS) is 17.4. The van der Waals surface area contributed by atoms with Gasteiger partial charge in [0.2, 0.25) is 20.0 Å². The first kappa shape index (κ1) is 13.5. The van der Waals surface area contributed by atoms with Crippen LogP contribution in [0.4, 0.5) is 0 Å². The van der Waals surface area contributed by atoms with Gasteiger partial charge in [0.1, 0.15) is 0 Å². The predicted molar refractivity (Wildman–Crippen MR) is 65.8 cm³/mol. The van der Waals surface area contributed by atoms with Gasteiger partial charge in [0.15, 0.2) is 0 Å². The quantitative estimate of drug-likeness (QED) is 0.824. The fraction of sp³-hybridized carbons (Fsp3) is 0.400. The van der Waals surface area contributed by atoms with Crippen LogP contribution in [0.2, 0.25) is 0 Å². The van der Waals surface area contributed by atoms with E-state index in [1.807, 2.05) is 0 Å². The number of hydrogen-bond donors (Lipinski definition) is 2. The van der Waals surface area contributed by atoms with Crippen molar-refractivity contribution in [2.75, 3.05) is 0 Å². The molecule has 0 amide bonds. The maximum Gasteiger partial charge on any atom is 0.240 e. The van der Waals surface area contributed by atoms with E-state index in [9.17, 15) is 16.8 Å². The van der Waals surface area contributed by atoms with Crippen LogP contribution in [0.1, 0.15) is 19.3 Å². The van der Waals surface area contributed by atoms with Crippen molar-refractivity contribution in [1.29, 1.82) is 0 Å². The number of sulfonamides is 2. The van der Waals surface area contributed by atoms with E-state index in [-0.39, 0.29) is 15.8 Å². The molecule has 0 radical (unpaired) electrons. The van der Waals surface area contributed by atoms with Crippen molar-refractivity contribution >= 4 is 20.0 Å². The molecule has 6 nitrogen and oxygen atoms in total. The summed E-state index contributed by atoms with van der Waals surface area (Å²) in [6.07, 6.45) is 2.63. The zero-order chi connectivity index (χ0) is 13.4. The van der Waals surface area contributed by atoms with Crippen LogP contribution in [-0.2, 0) is 20.0 Å². The third kappa shape index (κ3) is 2.89. The highest BCUT2D eigenvalue weighted by molar-refractivity contribution is 7.90. The molecule has 0 atom stereocenters. The zero-order valence-corrected chi connectivity index (χ0v) is 11.2. The van der Waals surface area contributed by atoms with E-state index < -0.39 is 20.0 Å². The van der Waals surface area contributed by atoms with Gasteiger partial charge in [0.25, 0.3) is 0 Å². The summed E-state index contributed by atoms with van der Waals surface area (Å²) in [5.41, 5.74) is 0. The summed E-state index contributed by atoms with van der Waals surface area (Å²) in [5, 5.41) is 4.96. The van der Waals surface area contributed by atoms with E-state index in [1.165, 1.54) is 18.2 Å². The average molecular weight is 290 g/mol. The van der Waals surface area contributed by atoms with E-state index in [0.29, 0.717) is 0 Å². The molecule has 1 aliphatic rings. The summed E-state index contributed by atoms with van der Waals surface area (Å²) in [4.78, 5) is -0.292. The van der Waals surface area contributed by atoms with Crippen LogP contribution in [-0.4, -0.2) is 22.9 Å². The molecular formula is C10H14N2O4S2. The molecule has 0 unspecified atom stereocenters. The second-order valence-corrected chi connectivity index (χ2v) is 7.54. The fourth-order valence-corrected chi connectivity index (χ4v) is 3.62. The molecule has 1 aliphatic carbocycles. The number of rotatable bonds is 4. The van der Waals surface area contributed by atoms with Crippen molar-refractivity contribution in [1.82, 2.24) is 4.72 Å². The maximum atomic E-state index is 12.0. The first-order chi connectivity index (χ1) is 8.29. The molecule has 0 spiro atoms. The van der Waals surface area contributed by atoms with Crippen LogP contribution in [0.3, 0.4) is 0 Å². The van der Waals surface area contributed by atoms with Crippen LogP contribution < -0.4 is 9.86 Å². The molecule has 1 aromatic carbocycles. The Morgan fingerprint density at radius 1 is 1.11 bits per heavy atom. The van der Waals surface area contributed by atoms with E-state index in [0.717, 1.165) is 25.3 Å². The smallest absolute Gasteiger partial charge is 0.225 e. The summed E-state index contributed by atoms with van der Waals surface area (Å²) in [6, 6.07) is 4.98. The molecule has 1 saturated carbocycles. The number of benzene rings is 1. The van der Waals surface area contributed by atoms with Crippen LogP contribution in [0.25, 0.3) is 0 Å². The van der Waals surface area contributed by atoms with Crippen molar-refractivity contribution in [3.63, 3.8) is 0 Å². The van der Waals surface area contributed by atoms with Crippen molar-refractivity contribution in [2.45, 2.75) is 35.1 Å². The lowest BCUT2D eigenvalue weighted by atomic mass is 9.94. The molecule has 2 rings (SSSR count). The van der Waals surface area contributed by atoms with Gasteiger partial charge in [-0.1, -0.05) is 12.5 Å². The maximum absolute atomic E-state index is 12.0. The molecule has 0 heterocycles. The third-order valence-electron chi connectivity index (χ3n) is 2.87. The summed E-state index contributed by atoms with van der Waals surface area (Å²) < 4.78 is 48.8. The standard InChI is InChI=1S/C10H14N2O4S2/c11-17(13,14)9-5-2-6-10(7-9)18(15,16)12-8-3-1-4-8/h2,5-8,12H,1,3-4H2,(H2,11,13,14). The second-order valence-electron chi connectivity index (χ2n) is 4.27. The molecule has 18 heavy (non-hydrogen) atoms. The van der Waals surface area contributed by atoms with Crippen LogP contribution >= 0.6 is 0 Å². The van der Waals surface area contributed by atoms with Gasteiger partial charge in [-0.05, 0) is 31.0 Å². The van der Waals surface area contributed by atoms with Crippen molar-refractivity contribution in [2.24, 2.45) is 5.14 Å². The second kappa shape index (κ2) is 4.61. The lowest BCUT2D eigenvalue weighted by Gasteiger charge is -2.26. The minimum Gasteiger partial charge on any atom is -0.225 e. The number of primary sulfonamides is 1. The number of nitrogens with two attached hydrogens (primary N) is 1. The molecule has 0 aliphatic heterocycles. The number of nitrogens with one attached hydrogen (secondary N) is 1. The van der Waals surface area contributed by atoms with Gasteiger partial charge in [0.05, 0.1) is 9.79 Å². The van der Waals surface area contributed by atoms with E-state index in [1.54, 1.807) is 0 Å². The number of hydrogen-bond acceptors (Lipinski definition) is 4. The molecule has 0 aromatic heterocycles. The summed E-state index contributed by atoms with van der Waals surface area (Å²) in [6.45, 7) is 0. The minimum absolute atomic E-state index is 0.0480. The lowest BCUT2D eigenvalue weighted by Crippen LogP contribution is -2.39. The molecule has 100 valence electrons. The SMILES string of the molecule is NS(=O)(=O)c1cccc(S(=O)(=O)NC2CCC2)c1. The Bertz CT molecular complexity index is 648. The highest BCUT2D eigenvalue weighted by Crippen LogP contribution is 2.21. The summed E-state index contributed by atoms with van der Waals surface area (Å²) >= 11 is 0. The van der Waals surface area contributed by atoms with E-state index >= 15 is 0 Å². The van der Waals surface area contributed by atoms with Gasteiger partial charge in [-0.2, -0.15) is 0 Å². The Morgan fingerprint density at radius 3 is 2.22 bits per heavy atom. The predicted octanol–water partition coefficient (Wildman–Crippen LogP) is 0.165. The monoisotopic (exact) mass is 290 g/mol. The van der Waals surface area contributed by atoms with Crippen molar-refractivity contribution in [3.05, 3.63) is 24.3 Å². The summed E-state index contributed by atoms with van der Waals surface area (Å²) in [7, 11) is -7.57. The average Bonchev–Trinajstić information content (AvgIpc) is 2.23. The molecule has 1 fully saturated rings.